The average molecular weight is 1190 g/mol. The van der Waals surface area contributed by atoms with E-state index in [1.54, 1.807) is 6.07 Å². The Morgan fingerprint density at radius 3 is 2.42 bits per heavy atom. The number of imidazole rings is 1. The fraction of sp³-hybridized carbons (Fsp3) is 0.421. The Balaban J connectivity index is 0.935. The second-order valence-electron chi connectivity index (χ2n) is 16.4. The molecule has 398 valence electrons. The molecular formula is C38H45BrClFN9O19P3S. The minimum absolute atomic E-state index is 0.00631. The number of halogens is 3. The highest BCUT2D eigenvalue weighted by atomic mass is 79.9. The molecule has 2 amide bonds. The van der Waals surface area contributed by atoms with Gasteiger partial charge in [0.25, 0.3) is 5.56 Å². The van der Waals surface area contributed by atoms with E-state index in [9.17, 15) is 71.8 Å². The Kier molecular flexibility index (Phi) is 18.8. The van der Waals surface area contributed by atoms with Crippen LogP contribution in [0.4, 0.5) is 10.2 Å². The van der Waals surface area contributed by atoms with Crippen LogP contribution in [0.15, 0.2) is 63.1 Å². The van der Waals surface area contributed by atoms with Crippen LogP contribution >= 0.6 is 62.8 Å². The van der Waals surface area contributed by atoms with Gasteiger partial charge in [0.1, 0.15) is 42.1 Å². The number of aromatic nitrogens is 6. The summed E-state index contributed by atoms with van der Waals surface area (Å²) in [5.41, 5.74) is 2.66. The van der Waals surface area contributed by atoms with Crippen molar-refractivity contribution in [2.45, 2.75) is 64.0 Å². The molecule has 0 saturated carbocycles. The normalized spacial score (nSPS) is 19.4. The van der Waals surface area contributed by atoms with Crippen LogP contribution in [0.5, 0.6) is 0 Å². The van der Waals surface area contributed by atoms with Crippen LogP contribution in [0.2, 0.25) is 5.02 Å². The Hall–Kier alpha value is -4.36. The fourth-order valence-electron chi connectivity index (χ4n) is 6.97. The molecule has 28 nitrogen and oxygen atoms in total. The van der Waals surface area contributed by atoms with Crippen LogP contribution in [-0.4, -0.2) is 132 Å². The number of thioether (sulfide) groups is 1. The Bertz CT molecular complexity index is 3180. The molecule has 0 aliphatic carbocycles. The molecule has 4 heterocycles. The first-order chi connectivity index (χ1) is 34.1. The number of anilines is 1. The average Bonchev–Trinajstić information content (AvgIpc) is 3.86. The molecule has 7 unspecified atom stereocenters. The third-order valence-corrected chi connectivity index (χ3v) is 15.3. The number of nitrogens with zero attached hydrogens (tertiary/aromatic N) is 6. The van der Waals surface area contributed by atoms with Gasteiger partial charge in [-0.25, -0.2) is 37.8 Å². The monoisotopic (exact) mass is 1190 g/mol. The smallest absolute Gasteiger partial charge is 0.386 e. The van der Waals surface area contributed by atoms with Gasteiger partial charge in [-0.05, 0) is 30.3 Å². The quantitative estimate of drug-likeness (QED) is 0.0330. The summed E-state index contributed by atoms with van der Waals surface area (Å²) in [5.74, 6) is -2.35. The standard InChI is InChI=1S/C38H45BrClFN9O19P3S/c1-38(2,16-66-72(63,64)69-71(61,62)65-15-25-30(68-70(58,59)60)29(53)36(67-25)50-18-47-28-32(42)45-17-46-33(28)50)31(54)34(55)44-8-7-26(51)43-9-10-73-27(52)14-48-24-12-21(40)5-6-22(24)35(56)49(37(48)57)13-19-3-4-20(39)11-23(19)41/h3-6,11-12,17-18,25,29-31,36,53-54H,7-10,13-16H2,1-2H3,(H,43,51)(H,44,55)(H,61,62)(H,63,64)(H2,42,45,46)(H2,58,59,60). The molecule has 0 radical (unpaired) electrons. The number of benzene rings is 2. The van der Waals surface area contributed by atoms with E-state index in [-0.39, 0.29) is 63.7 Å². The largest absolute Gasteiger partial charge is 0.481 e. The molecule has 2 aromatic carbocycles. The van der Waals surface area contributed by atoms with Gasteiger partial charge in [0, 0.05) is 45.7 Å². The molecule has 1 aliphatic heterocycles. The van der Waals surface area contributed by atoms with E-state index in [1.807, 2.05) is 0 Å². The lowest BCUT2D eigenvalue weighted by molar-refractivity contribution is -0.137. The lowest BCUT2D eigenvalue weighted by Crippen LogP contribution is -2.46. The van der Waals surface area contributed by atoms with Gasteiger partial charge in [-0.2, -0.15) is 4.31 Å². The SMILES string of the molecule is CC(C)(COP(=O)(O)OP(=O)(O)OCC1OC(n2cnc3c(N)ncnc32)C(O)C1OP(=O)(O)O)C(O)C(=O)NCCC(=O)NCCSC(=O)Cn1c(=O)n(Cc2ccc(Br)cc2F)c(=O)c2ccc(Cl)cc21. The van der Waals surface area contributed by atoms with Crippen LogP contribution in [0.3, 0.4) is 0 Å². The summed E-state index contributed by atoms with van der Waals surface area (Å²) in [6.07, 6.45) is -7.33. The van der Waals surface area contributed by atoms with Gasteiger partial charge >= 0.3 is 29.2 Å². The predicted octanol–water partition coefficient (Wildman–Crippen LogP) is 1.44. The first-order valence-electron chi connectivity index (χ1n) is 21.0. The van der Waals surface area contributed by atoms with Crippen molar-refractivity contribution in [2.24, 2.45) is 5.41 Å². The first-order valence-corrected chi connectivity index (χ1v) is 27.7. The number of fused-ring (bicyclic) bond motifs is 2. The number of aliphatic hydroxyl groups excluding tert-OH is 2. The number of hydrogen-bond acceptors (Lipinski definition) is 20. The fourth-order valence-corrected chi connectivity index (χ4v) is 11.0. The van der Waals surface area contributed by atoms with Crippen molar-refractivity contribution in [3.8, 4) is 0 Å². The molecule has 3 aromatic heterocycles. The molecule has 1 saturated heterocycles. The lowest BCUT2D eigenvalue weighted by Gasteiger charge is -2.30. The van der Waals surface area contributed by atoms with Crippen molar-refractivity contribution in [1.29, 1.82) is 0 Å². The lowest BCUT2D eigenvalue weighted by atomic mass is 9.87. The first kappa shape index (κ1) is 57.9. The summed E-state index contributed by atoms with van der Waals surface area (Å²) >= 11 is 10.1. The number of aliphatic hydroxyl groups is 2. The molecule has 7 atom stereocenters. The molecular weight excluding hydrogens is 1150 g/mol. The molecule has 1 fully saturated rings. The Labute approximate surface area is 427 Å². The Morgan fingerprint density at radius 2 is 1.73 bits per heavy atom. The molecule has 6 rings (SSSR count). The molecule has 35 heteroatoms. The van der Waals surface area contributed by atoms with Gasteiger partial charge in [-0.1, -0.05) is 59.2 Å². The van der Waals surface area contributed by atoms with E-state index in [2.05, 4.69) is 50.3 Å². The highest BCUT2D eigenvalue weighted by Crippen LogP contribution is 2.61. The van der Waals surface area contributed by atoms with E-state index in [4.69, 9.17) is 31.1 Å². The van der Waals surface area contributed by atoms with Gasteiger partial charge in [0.05, 0.1) is 43.5 Å². The summed E-state index contributed by atoms with van der Waals surface area (Å²) in [4.78, 5) is 116. The van der Waals surface area contributed by atoms with E-state index < -0.39 is 120 Å². The second kappa shape index (κ2) is 23.7. The summed E-state index contributed by atoms with van der Waals surface area (Å²) in [7, 11) is -16.6. The highest BCUT2D eigenvalue weighted by Gasteiger charge is 2.50. The van der Waals surface area contributed by atoms with E-state index in [1.165, 1.54) is 44.2 Å². The zero-order valence-electron chi connectivity index (χ0n) is 37.8. The highest BCUT2D eigenvalue weighted by molar-refractivity contribution is 9.10. The van der Waals surface area contributed by atoms with Gasteiger partial charge in [0.15, 0.2) is 17.7 Å². The third-order valence-electron chi connectivity index (χ3n) is 10.6. The van der Waals surface area contributed by atoms with E-state index >= 15 is 0 Å². The maximum Gasteiger partial charge on any atom is 0.481 e. The predicted molar refractivity (Wildman–Crippen MR) is 258 cm³/mol. The molecule has 0 spiro atoms. The van der Waals surface area contributed by atoms with E-state index in [0.717, 1.165) is 38.1 Å². The third kappa shape index (κ3) is 14.9. The van der Waals surface area contributed by atoms with Crippen LogP contribution in [0, 0.1) is 11.2 Å². The number of ether oxygens (including phenoxy) is 1. The maximum atomic E-state index is 14.7. The molecule has 1 aliphatic rings. The summed E-state index contributed by atoms with van der Waals surface area (Å²) in [5, 5.41) is 26.2. The zero-order chi connectivity index (χ0) is 53.8. The molecule has 5 aromatic rings. The van der Waals surface area contributed by atoms with Crippen LogP contribution in [-0.2, 0) is 63.8 Å². The van der Waals surface area contributed by atoms with Gasteiger partial charge in [0.2, 0.25) is 16.9 Å². The number of carbonyl (C=O) groups is 3. The summed E-state index contributed by atoms with van der Waals surface area (Å²) in [6.45, 7) is -1.01. The number of amides is 2. The topological polar surface area (TPSA) is 408 Å². The zero-order valence-corrected chi connectivity index (χ0v) is 43.6. The number of phosphoric ester groups is 3. The number of nitrogen functional groups attached to an aromatic ring is 1. The molecule has 73 heavy (non-hydrogen) atoms. The number of hydrogen-bond donors (Lipinski definition) is 9. The van der Waals surface area contributed by atoms with Gasteiger partial charge in [-0.3, -0.25) is 46.5 Å². The van der Waals surface area contributed by atoms with Crippen molar-refractivity contribution in [1.82, 2.24) is 39.3 Å². The van der Waals surface area contributed by atoms with Crippen molar-refractivity contribution < 1.29 is 84.9 Å². The van der Waals surface area contributed by atoms with Gasteiger partial charge < -0.3 is 50.9 Å². The van der Waals surface area contributed by atoms with E-state index in [0.29, 0.717) is 4.47 Å². The minimum atomic E-state index is -5.64. The van der Waals surface area contributed by atoms with Crippen LogP contribution < -0.4 is 27.6 Å². The van der Waals surface area contributed by atoms with Crippen molar-refractivity contribution in [3.63, 3.8) is 0 Å². The number of carbonyl (C=O) groups excluding carboxylic acids is 3. The maximum absolute atomic E-state index is 14.7. The number of nitrogens with one attached hydrogen (secondary N) is 2. The molecule has 0 bridgehead atoms. The second-order valence-corrected chi connectivity index (χ2v) is 23.2. The number of rotatable bonds is 23. The summed E-state index contributed by atoms with van der Waals surface area (Å²) < 4.78 is 79.4. The summed E-state index contributed by atoms with van der Waals surface area (Å²) in [6, 6.07) is 8.29. The van der Waals surface area contributed by atoms with Gasteiger partial charge in [-0.15, -0.1) is 0 Å². The molecule has 10 N–H and O–H groups in total. The van der Waals surface area contributed by atoms with Crippen molar-refractivity contribution >= 4 is 108 Å². The Morgan fingerprint density at radius 1 is 1.01 bits per heavy atom. The number of nitrogens with two attached hydrogens (primary N) is 1. The van der Waals surface area contributed by atoms with Crippen molar-refractivity contribution in [3.05, 3.63) is 90.8 Å². The minimum Gasteiger partial charge on any atom is -0.386 e. The number of phosphoric acid groups is 3. The van der Waals surface area contributed by atoms with Crippen LogP contribution in [0.1, 0.15) is 32.1 Å². The van der Waals surface area contributed by atoms with Crippen molar-refractivity contribution in [2.75, 3.05) is 37.8 Å². The van der Waals surface area contributed by atoms with Crippen LogP contribution in [0.25, 0.3) is 22.1 Å².